The molecule has 4 nitrogen and oxygen atoms in total. The van der Waals surface area contributed by atoms with Gasteiger partial charge in [0.1, 0.15) is 11.5 Å². The van der Waals surface area contributed by atoms with Crippen molar-refractivity contribution in [3.63, 3.8) is 0 Å². The number of methoxy groups -OCH3 is 1. The van der Waals surface area contributed by atoms with Crippen LogP contribution in [0.4, 0.5) is 0 Å². The standard InChI is InChI=1S/C19H19NO3/c1-3-15-12-18(9-7-16(15)8-10-19(21)22-2)23-17-6-4-5-14(11-17)13-20/h4-7,9,11-12H,3,8,10H2,1-2H3. The van der Waals surface area contributed by atoms with E-state index in [4.69, 9.17) is 10.00 Å². The number of carbonyl (C=O) groups excluding carboxylic acids is 1. The Kier molecular flexibility index (Phi) is 5.76. The van der Waals surface area contributed by atoms with Gasteiger partial charge in [-0.15, -0.1) is 0 Å². The zero-order valence-corrected chi connectivity index (χ0v) is 13.3. The lowest BCUT2D eigenvalue weighted by Crippen LogP contribution is -2.03. The summed E-state index contributed by atoms with van der Waals surface area (Å²) >= 11 is 0. The summed E-state index contributed by atoms with van der Waals surface area (Å²) in [5.41, 5.74) is 2.83. The van der Waals surface area contributed by atoms with E-state index in [-0.39, 0.29) is 5.97 Å². The quantitative estimate of drug-likeness (QED) is 0.756. The second-order valence-corrected chi connectivity index (χ2v) is 5.10. The van der Waals surface area contributed by atoms with Crippen molar-refractivity contribution in [2.45, 2.75) is 26.2 Å². The second-order valence-electron chi connectivity index (χ2n) is 5.10. The third-order valence-electron chi connectivity index (χ3n) is 3.58. The molecule has 0 unspecified atom stereocenters. The molecule has 0 radical (unpaired) electrons. The van der Waals surface area contributed by atoms with Gasteiger partial charge in [-0.05, 0) is 54.3 Å². The minimum Gasteiger partial charge on any atom is -0.469 e. The van der Waals surface area contributed by atoms with Crippen molar-refractivity contribution in [2.75, 3.05) is 7.11 Å². The number of ether oxygens (including phenoxy) is 2. The van der Waals surface area contributed by atoms with E-state index in [1.165, 1.54) is 7.11 Å². The summed E-state index contributed by atoms with van der Waals surface area (Å²) in [6.07, 6.45) is 1.87. The minimum absolute atomic E-state index is 0.208. The molecule has 0 N–H and O–H groups in total. The molecule has 4 heteroatoms. The van der Waals surface area contributed by atoms with Crippen LogP contribution in [-0.2, 0) is 22.4 Å². The fourth-order valence-corrected chi connectivity index (χ4v) is 2.34. The average Bonchev–Trinajstić information content (AvgIpc) is 2.60. The zero-order valence-electron chi connectivity index (χ0n) is 13.3. The molecule has 0 amide bonds. The Bertz CT molecular complexity index is 732. The summed E-state index contributed by atoms with van der Waals surface area (Å²) in [5.74, 6) is 1.15. The van der Waals surface area contributed by atoms with Crippen LogP contribution in [0.25, 0.3) is 0 Å². The Labute approximate surface area is 136 Å². The topological polar surface area (TPSA) is 59.3 Å². The number of nitrogens with zero attached hydrogens (tertiary/aromatic N) is 1. The number of benzene rings is 2. The van der Waals surface area contributed by atoms with Crippen LogP contribution in [0.5, 0.6) is 11.5 Å². The monoisotopic (exact) mass is 309 g/mol. The van der Waals surface area contributed by atoms with Crippen LogP contribution >= 0.6 is 0 Å². The van der Waals surface area contributed by atoms with Gasteiger partial charge in [-0.25, -0.2) is 0 Å². The van der Waals surface area contributed by atoms with Gasteiger partial charge in [0.15, 0.2) is 0 Å². The highest BCUT2D eigenvalue weighted by atomic mass is 16.5. The average molecular weight is 309 g/mol. The van der Waals surface area contributed by atoms with Gasteiger partial charge in [-0.2, -0.15) is 5.26 Å². The van der Waals surface area contributed by atoms with Gasteiger partial charge in [-0.3, -0.25) is 4.79 Å². The second kappa shape index (κ2) is 8.00. The highest BCUT2D eigenvalue weighted by molar-refractivity contribution is 5.69. The molecular weight excluding hydrogens is 290 g/mol. The van der Waals surface area contributed by atoms with E-state index in [2.05, 4.69) is 17.7 Å². The fraction of sp³-hybridized carbons (Fsp3) is 0.263. The van der Waals surface area contributed by atoms with Crippen molar-refractivity contribution in [2.24, 2.45) is 0 Å². The number of esters is 1. The summed E-state index contributed by atoms with van der Waals surface area (Å²) in [4.78, 5) is 11.3. The first-order valence-corrected chi connectivity index (χ1v) is 7.53. The summed E-state index contributed by atoms with van der Waals surface area (Å²) in [5, 5.41) is 8.93. The Morgan fingerprint density at radius 3 is 2.61 bits per heavy atom. The number of aryl methyl sites for hydroxylation is 2. The predicted molar refractivity (Wildman–Crippen MR) is 87.4 cm³/mol. The van der Waals surface area contributed by atoms with Crippen molar-refractivity contribution in [1.29, 1.82) is 5.26 Å². The molecule has 0 saturated heterocycles. The van der Waals surface area contributed by atoms with E-state index in [0.717, 1.165) is 23.3 Å². The largest absolute Gasteiger partial charge is 0.469 e. The maximum absolute atomic E-state index is 11.3. The summed E-state index contributed by atoms with van der Waals surface area (Å²) in [6, 6.07) is 15.0. The molecule has 23 heavy (non-hydrogen) atoms. The van der Waals surface area contributed by atoms with E-state index >= 15 is 0 Å². The molecule has 118 valence electrons. The fourth-order valence-electron chi connectivity index (χ4n) is 2.34. The van der Waals surface area contributed by atoms with Crippen LogP contribution < -0.4 is 4.74 Å². The molecule has 0 atom stereocenters. The van der Waals surface area contributed by atoms with Crippen LogP contribution in [0.2, 0.25) is 0 Å². The zero-order chi connectivity index (χ0) is 16.7. The molecule has 2 aromatic rings. The number of carbonyl (C=O) groups is 1. The Balaban J connectivity index is 2.14. The van der Waals surface area contributed by atoms with Crippen molar-refractivity contribution >= 4 is 5.97 Å². The molecule has 0 heterocycles. The van der Waals surface area contributed by atoms with E-state index in [1.54, 1.807) is 18.2 Å². The first-order chi connectivity index (χ1) is 11.2. The van der Waals surface area contributed by atoms with Gasteiger partial charge in [0.05, 0.1) is 18.7 Å². The van der Waals surface area contributed by atoms with Crippen LogP contribution in [-0.4, -0.2) is 13.1 Å². The maximum Gasteiger partial charge on any atom is 0.305 e. The van der Waals surface area contributed by atoms with Crippen molar-refractivity contribution in [3.05, 3.63) is 59.2 Å². The molecule has 0 aromatic heterocycles. The lowest BCUT2D eigenvalue weighted by atomic mass is 10.0. The van der Waals surface area contributed by atoms with E-state index in [0.29, 0.717) is 24.2 Å². The molecule has 2 rings (SSSR count). The SMILES string of the molecule is CCc1cc(Oc2cccc(C#N)c2)ccc1CCC(=O)OC. The van der Waals surface area contributed by atoms with Gasteiger partial charge in [0.25, 0.3) is 0 Å². The van der Waals surface area contributed by atoms with E-state index < -0.39 is 0 Å². The third-order valence-corrected chi connectivity index (χ3v) is 3.58. The predicted octanol–water partition coefficient (Wildman–Crippen LogP) is 4.02. The van der Waals surface area contributed by atoms with Gasteiger partial charge < -0.3 is 9.47 Å². The summed E-state index contributed by atoms with van der Waals surface area (Å²) < 4.78 is 10.5. The van der Waals surface area contributed by atoms with Crippen LogP contribution in [0.1, 0.15) is 30.0 Å². The van der Waals surface area contributed by atoms with Crippen molar-refractivity contribution in [1.82, 2.24) is 0 Å². The highest BCUT2D eigenvalue weighted by Crippen LogP contribution is 2.25. The normalized spacial score (nSPS) is 9.96. The third kappa shape index (κ3) is 4.58. The minimum atomic E-state index is -0.208. The van der Waals surface area contributed by atoms with Crippen LogP contribution in [0, 0.1) is 11.3 Å². The summed E-state index contributed by atoms with van der Waals surface area (Å²) in [7, 11) is 1.40. The maximum atomic E-state index is 11.3. The number of rotatable bonds is 6. The van der Waals surface area contributed by atoms with Gasteiger partial charge in [0.2, 0.25) is 0 Å². The molecule has 0 aliphatic rings. The van der Waals surface area contributed by atoms with Crippen LogP contribution in [0.15, 0.2) is 42.5 Å². The molecular formula is C19H19NO3. The van der Waals surface area contributed by atoms with Crippen LogP contribution in [0.3, 0.4) is 0 Å². The first-order valence-electron chi connectivity index (χ1n) is 7.53. The first kappa shape index (κ1) is 16.6. The summed E-state index contributed by atoms with van der Waals surface area (Å²) in [6.45, 7) is 2.07. The van der Waals surface area contributed by atoms with E-state index in [1.807, 2.05) is 24.3 Å². The Hall–Kier alpha value is -2.80. The molecule has 0 fully saturated rings. The lowest BCUT2D eigenvalue weighted by molar-refractivity contribution is -0.140. The molecule has 0 spiro atoms. The molecule has 0 saturated carbocycles. The van der Waals surface area contributed by atoms with Crippen molar-refractivity contribution in [3.8, 4) is 17.6 Å². The number of nitriles is 1. The van der Waals surface area contributed by atoms with E-state index in [9.17, 15) is 4.79 Å². The molecule has 2 aromatic carbocycles. The van der Waals surface area contributed by atoms with Gasteiger partial charge in [0, 0.05) is 6.42 Å². The molecule has 0 aliphatic carbocycles. The Morgan fingerprint density at radius 1 is 1.13 bits per heavy atom. The number of hydrogen-bond donors (Lipinski definition) is 0. The lowest BCUT2D eigenvalue weighted by Gasteiger charge is -2.11. The highest BCUT2D eigenvalue weighted by Gasteiger charge is 2.08. The van der Waals surface area contributed by atoms with Crippen molar-refractivity contribution < 1.29 is 14.3 Å². The smallest absolute Gasteiger partial charge is 0.305 e. The number of hydrogen-bond acceptors (Lipinski definition) is 4. The molecule has 0 bridgehead atoms. The van der Waals surface area contributed by atoms with Gasteiger partial charge >= 0.3 is 5.97 Å². The Morgan fingerprint density at radius 2 is 1.91 bits per heavy atom. The molecule has 0 aliphatic heterocycles. The van der Waals surface area contributed by atoms with Gasteiger partial charge in [-0.1, -0.05) is 19.1 Å².